The molecule has 1 rings (SSSR count). The topological polar surface area (TPSA) is 70.7 Å². The third kappa shape index (κ3) is 3.41. The van der Waals surface area contributed by atoms with Gasteiger partial charge in [0.2, 0.25) is 5.96 Å². The van der Waals surface area contributed by atoms with E-state index in [-0.39, 0.29) is 5.96 Å². The summed E-state index contributed by atoms with van der Waals surface area (Å²) in [4.78, 5) is 15.0. The van der Waals surface area contributed by atoms with Crippen molar-refractivity contribution in [2.75, 3.05) is 0 Å². The average Bonchev–Trinajstić information content (AvgIpc) is 2.28. The maximum Gasteiger partial charge on any atom is 0.349 e. The fraction of sp³-hybridized carbons (Fsp3) is 0. The summed E-state index contributed by atoms with van der Waals surface area (Å²) in [6.45, 7) is 0. The van der Waals surface area contributed by atoms with Crippen LogP contribution in [-0.4, -0.2) is 16.4 Å². The number of carbonyl (C=O) groups is 1. The van der Waals surface area contributed by atoms with Crippen molar-refractivity contribution in [3.8, 4) is 0 Å². The Kier molecular flexibility index (Phi) is 4.38. The Bertz CT molecular complexity index is 370. The van der Waals surface area contributed by atoms with Gasteiger partial charge in [0.15, 0.2) is 0 Å². The zero-order valence-corrected chi connectivity index (χ0v) is 9.86. The fourth-order valence-electron chi connectivity index (χ4n) is 0.820. The normalized spacial score (nSPS) is 10.9. The molecule has 0 heterocycles. The van der Waals surface area contributed by atoms with Crippen molar-refractivity contribution in [1.82, 2.24) is 8.76 Å². The predicted octanol–water partition coefficient (Wildman–Crippen LogP) is 2.11. The number of hydrogen-bond acceptors (Lipinski definition) is 2. The number of rotatable bonds is 1. The van der Waals surface area contributed by atoms with E-state index in [2.05, 4.69) is 25.5 Å². The molecule has 0 aromatic heterocycles. The third-order valence-corrected chi connectivity index (χ3v) is 2.13. The van der Waals surface area contributed by atoms with Gasteiger partial charge in [-0.05, 0) is 12.1 Å². The van der Waals surface area contributed by atoms with Crippen LogP contribution in [0.2, 0.25) is 0 Å². The van der Waals surface area contributed by atoms with Gasteiger partial charge in [-0.25, -0.2) is 9.79 Å². The van der Waals surface area contributed by atoms with E-state index in [9.17, 15) is 4.79 Å². The summed E-state index contributed by atoms with van der Waals surface area (Å²) in [6, 6.07) is 8.31. The molecule has 2 amide bonds. The minimum atomic E-state index is -0.617. The van der Waals surface area contributed by atoms with Crippen LogP contribution in [0.1, 0.15) is 0 Å². The van der Waals surface area contributed by atoms with Crippen LogP contribution in [0.3, 0.4) is 0 Å². The zero-order valence-electron chi connectivity index (χ0n) is 7.52. The number of halogens is 2. The minimum Gasteiger partial charge on any atom is -0.368 e. The van der Waals surface area contributed by atoms with Crippen LogP contribution in [0.15, 0.2) is 35.3 Å². The quantitative estimate of drug-likeness (QED) is 0.472. The van der Waals surface area contributed by atoms with Gasteiger partial charge in [-0.15, -0.1) is 0 Å². The molecule has 80 valence electrons. The first kappa shape index (κ1) is 11.8. The van der Waals surface area contributed by atoms with Crippen molar-refractivity contribution < 1.29 is 4.79 Å². The Labute approximate surface area is 100 Å². The van der Waals surface area contributed by atoms with Crippen molar-refractivity contribution in [2.24, 2.45) is 10.7 Å². The van der Waals surface area contributed by atoms with E-state index >= 15 is 0 Å². The molecule has 5 nitrogen and oxygen atoms in total. The molecular formula is C8H8BrClN4O. The number of nitrogens with one attached hydrogen (secondary N) is 1. The van der Waals surface area contributed by atoms with Gasteiger partial charge in [0.25, 0.3) is 0 Å². The number of aliphatic imine (C=N–C) groups is 1. The molecule has 0 aliphatic carbocycles. The minimum absolute atomic E-state index is 0.111. The van der Waals surface area contributed by atoms with E-state index in [0.717, 1.165) is 0 Å². The number of amides is 2. The van der Waals surface area contributed by atoms with Crippen LogP contribution in [0.25, 0.3) is 0 Å². The van der Waals surface area contributed by atoms with Crippen molar-refractivity contribution in [2.45, 2.75) is 0 Å². The van der Waals surface area contributed by atoms with Crippen molar-refractivity contribution in [3.63, 3.8) is 0 Å². The van der Waals surface area contributed by atoms with Gasteiger partial charge in [-0.2, -0.15) is 4.42 Å². The molecule has 0 aliphatic heterocycles. The largest absolute Gasteiger partial charge is 0.368 e. The molecule has 0 fully saturated rings. The standard InChI is InChI=1S/C8H8BrClN4O/c9-13-8(15)14(10)7(11)12-6-4-2-1-3-5-6/h1-5H,(H2,11,12)(H,13,15). The number of benzene rings is 1. The van der Waals surface area contributed by atoms with Gasteiger partial charge in [0.05, 0.1) is 21.8 Å². The Balaban J connectivity index is 2.80. The average molecular weight is 292 g/mol. The number of nitrogens with zero attached hydrogens (tertiary/aromatic N) is 2. The lowest BCUT2D eigenvalue weighted by atomic mass is 10.3. The number of para-hydroxylation sites is 1. The highest BCUT2D eigenvalue weighted by Gasteiger charge is 2.13. The van der Waals surface area contributed by atoms with Crippen LogP contribution in [0, 0.1) is 0 Å². The maximum absolute atomic E-state index is 11.0. The highest BCUT2D eigenvalue weighted by atomic mass is 79.9. The summed E-state index contributed by atoms with van der Waals surface area (Å²) in [5.74, 6) is -0.111. The van der Waals surface area contributed by atoms with Gasteiger partial charge >= 0.3 is 6.03 Å². The Morgan fingerprint density at radius 2 is 2.07 bits per heavy atom. The van der Waals surface area contributed by atoms with E-state index in [4.69, 9.17) is 17.5 Å². The van der Waals surface area contributed by atoms with Crippen LogP contribution >= 0.6 is 27.9 Å². The number of urea groups is 1. The number of guanidine groups is 1. The van der Waals surface area contributed by atoms with Crippen LogP contribution in [0.5, 0.6) is 0 Å². The van der Waals surface area contributed by atoms with Crippen LogP contribution in [-0.2, 0) is 0 Å². The number of carbonyl (C=O) groups excluding carboxylic acids is 1. The van der Waals surface area contributed by atoms with E-state index in [0.29, 0.717) is 10.1 Å². The van der Waals surface area contributed by atoms with Gasteiger partial charge in [0.1, 0.15) is 0 Å². The van der Waals surface area contributed by atoms with Gasteiger partial charge in [0, 0.05) is 11.8 Å². The fourth-order valence-corrected chi connectivity index (χ4v) is 1.18. The van der Waals surface area contributed by atoms with Crippen molar-refractivity contribution >= 4 is 45.6 Å². The summed E-state index contributed by atoms with van der Waals surface area (Å²) in [5, 5.41) is 0. The van der Waals surface area contributed by atoms with Gasteiger partial charge in [-0.1, -0.05) is 18.2 Å². The first-order valence-corrected chi connectivity index (χ1v) is 5.04. The number of nitrogens with two attached hydrogens (primary N) is 1. The molecule has 0 atom stereocenters. The van der Waals surface area contributed by atoms with Crippen molar-refractivity contribution in [3.05, 3.63) is 30.3 Å². The lowest BCUT2D eigenvalue weighted by Crippen LogP contribution is -2.38. The molecule has 7 heteroatoms. The molecule has 0 radical (unpaired) electrons. The molecule has 1 aromatic carbocycles. The molecule has 0 unspecified atom stereocenters. The Hall–Kier alpha value is -1.27. The summed E-state index contributed by atoms with van der Waals surface area (Å²) in [6.07, 6.45) is 0. The molecule has 15 heavy (non-hydrogen) atoms. The summed E-state index contributed by atoms with van der Waals surface area (Å²) >= 11 is 8.30. The Morgan fingerprint density at radius 1 is 1.47 bits per heavy atom. The first-order valence-electron chi connectivity index (χ1n) is 3.91. The monoisotopic (exact) mass is 290 g/mol. The number of hydrogen-bond donors (Lipinski definition) is 2. The second-order valence-corrected chi connectivity index (χ2v) is 3.22. The molecule has 0 aliphatic rings. The SMILES string of the molecule is NC(=Nc1ccccc1)N(Cl)C(=O)NBr. The van der Waals surface area contributed by atoms with E-state index in [1.165, 1.54) is 0 Å². The van der Waals surface area contributed by atoms with E-state index < -0.39 is 6.03 Å². The highest BCUT2D eigenvalue weighted by Crippen LogP contribution is 2.10. The second kappa shape index (κ2) is 5.57. The van der Waals surface area contributed by atoms with Crippen LogP contribution in [0.4, 0.5) is 10.5 Å². The molecule has 0 saturated carbocycles. The molecule has 0 spiro atoms. The summed E-state index contributed by atoms with van der Waals surface area (Å²) < 4.78 is 2.81. The molecule has 1 aromatic rings. The molecule has 0 bridgehead atoms. The highest BCUT2D eigenvalue weighted by molar-refractivity contribution is 9.08. The first-order chi connectivity index (χ1) is 7.15. The summed E-state index contributed by atoms with van der Waals surface area (Å²) in [5.41, 5.74) is 6.10. The van der Waals surface area contributed by atoms with Gasteiger partial charge in [-0.3, -0.25) is 4.34 Å². The summed E-state index contributed by atoms with van der Waals surface area (Å²) in [7, 11) is 0. The second-order valence-electron chi connectivity index (χ2n) is 2.49. The van der Waals surface area contributed by atoms with Gasteiger partial charge < -0.3 is 5.73 Å². The Morgan fingerprint density at radius 3 is 2.60 bits per heavy atom. The third-order valence-electron chi connectivity index (χ3n) is 1.46. The predicted molar refractivity (Wildman–Crippen MR) is 62.9 cm³/mol. The zero-order chi connectivity index (χ0) is 11.3. The van der Waals surface area contributed by atoms with Crippen molar-refractivity contribution in [1.29, 1.82) is 0 Å². The van der Waals surface area contributed by atoms with E-state index in [1.54, 1.807) is 24.3 Å². The van der Waals surface area contributed by atoms with Crippen LogP contribution < -0.4 is 10.1 Å². The molecular weight excluding hydrogens is 283 g/mol. The lowest BCUT2D eigenvalue weighted by molar-refractivity contribution is 0.241. The molecule has 0 saturated heterocycles. The smallest absolute Gasteiger partial charge is 0.349 e. The molecule has 3 N–H and O–H groups in total. The van der Waals surface area contributed by atoms with E-state index in [1.807, 2.05) is 6.07 Å². The lowest BCUT2D eigenvalue weighted by Gasteiger charge is -2.10. The maximum atomic E-state index is 11.0.